The van der Waals surface area contributed by atoms with Crippen LogP contribution in [0.2, 0.25) is 4.47 Å². The van der Waals surface area contributed by atoms with Crippen LogP contribution in [0.25, 0.3) is 0 Å². The van der Waals surface area contributed by atoms with Crippen LogP contribution in [0.3, 0.4) is 0 Å². The van der Waals surface area contributed by atoms with Crippen molar-refractivity contribution >= 4 is 29.0 Å². The third kappa shape index (κ3) is 3.17. The normalized spacial score (nSPS) is 10.0. The van der Waals surface area contributed by atoms with Crippen LogP contribution in [0.4, 0.5) is 4.79 Å². The lowest BCUT2D eigenvalue weighted by Crippen LogP contribution is -2.31. The molecule has 0 aliphatic rings. The minimum absolute atomic E-state index is 0.240. The van der Waals surface area contributed by atoms with E-state index < -0.39 is 6.03 Å². The van der Waals surface area contributed by atoms with Gasteiger partial charge in [0.15, 0.2) is 4.47 Å². The second-order valence-corrected chi connectivity index (χ2v) is 3.89. The first-order valence-corrected chi connectivity index (χ1v) is 4.55. The number of nitrogens with zero attached hydrogens (tertiary/aromatic N) is 2. The lowest BCUT2D eigenvalue weighted by molar-refractivity contribution is -0.106. The number of primary amides is 1. The van der Waals surface area contributed by atoms with E-state index in [4.69, 9.17) is 22.2 Å². The SMILES string of the molecule is CN(OCc1cnc(Cl)s1)C(N)=O. The number of carbonyl (C=O) groups excluding carboxylic acids is 1. The van der Waals surface area contributed by atoms with Gasteiger partial charge >= 0.3 is 6.03 Å². The van der Waals surface area contributed by atoms with E-state index in [0.29, 0.717) is 4.47 Å². The van der Waals surface area contributed by atoms with Gasteiger partial charge in [-0.2, -0.15) is 0 Å². The lowest BCUT2D eigenvalue weighted by atomic mass is 10.6. The van der Waals surface area contributed by atoms with Crippen molar-refractivity contribution in [2.75, 3.05) is 7.05 Å². The molecule has 0 saturated carbocycles. The molecule has 1 aromatic rings. The zero-order chi connectivity index (χ0) is 9.84. The Hall–Kier alpha value is -0.850. The third-order valence-electron chi connectivity index (χ3n) is 1.24. The molecule has 0 unspecified atom stereocenters. The highest BCUT2D eigenvalue weighted by Gasteiger charge is 2.05. The summed E-state index contributed by atoms with van der Waals surface area (Å²) in [6, 6.07) is -0.643. The summed E-state index contributed by atoms with van der Waals surface area (Å²) >= 11 is 6.88. The molecule has 0 fully saturated rings. The number of hydroxylamine groups is 2. The van der Waals surface area contributed by atoms with E-state index in [1.165, 1.54) is 18.4 Å². The van der Waals surface area contributed by atoms with Crippen molar-refractivity contribution < 1.29 is 9.63 Å². The van der Waals surface area contributed by atoms with Gasteiger partial charge in [0.1, 0.15) is 6.61 Å². The first-order chi connectivity index (χ1) is 6.09. The highest BCUT2D eigenvalue weighted by molar-refractivity contribution is 7.15. The molecule has 5 nitrogen and oxygen atoms in total. The number of aromatic nitrogens is 1. The van der Waals surface area contributed by atoms with E-state index in [-0.39, 0.29) is 6.61 Å². The standard InChI is InChI=1S/C6H8ClN3O2S/c1-10(6(8)11)12-3-4-2-9-5(7)13-4/h2H,3H2,1H3,(H2,8,11). The van der Waals surface area contributed by atoms with E-state index in [1.54, 1.807) is 6.20 Å². The summed E-state index contributed by atoms with van der Waals surface area (Å²) in [5, 5.41) is 0.952. The van der Waals surface area contributed by atoms with E-state index in [1.807, 2.05) is 0 Å². The van der Waals surface area contributed by atoms with Gasteiger partial charge < -0.3 is 5.73 Å². The molecule has 0 aromatic carbocycles. The molecule has 0 aliphatic carbocycles. The van der Waals surface area contributed by atoms with E-state index in [2.05, 4.69) is 4.98 Å². The van der Waals surface area contributed by atoms with Crippen LogP contribution in [-0.2, 0) is 11.4 Å². The van der Waals surface area contributed by atoms with Crippen molar-refractivity contribution in [1.82, 2.24) is 10.0 Å². The molecule has 1 rings (SSSR count). The maximum absolute atomic E-state index is 10.5. The minimum Gasteiger partial charge on any atom is -0.350 e. The van der Waals surface area contributed by atoms with Gasteiger partial charge in [-0.05, 0) is 0 Å². The molecule has 72 valence electrons. The number of rotatable bonds is 3. The molecule has 0 spiro atoms. The fourth-order valence-electron chi connectivity index (χ4n) is 0.574. The van der Waals surface area contributed by atoms with Gasteiger partial charge in [-0.1, -0.05) is 11.6 Å². The topological polar surface area (TPSA) is 68.4 Å². The molecular weight excluding hydrogens is 214 g/mol. The first kappa shape index (κ1) is 10.2. The third-order valence-corrected chi connectivity index (χ3v) is 2.32. The summed E-state index contributed by atoms with van der Waals surface area (Å²) in [5.74, 6) is 0. The van der Waals surface area contributed by atoms with Crippen LogP contribution in [0.5, 0.6) is 0 Å². The molecule has 1 heterocycles. The molecular formula is C6H8ClN3O2S. The van der Waals surface area contributed by atoms with Crippen molar-refractivity contribution in [2.24, 2.45) is 5.73 Å². The fourth-order valence-corrected chi connectivity index (χ4v) is 1.46. The zero-order valence-electron chi connectivity index (χ0n) is 6.86. The maximum Gasteiger partial charge on any atom is 0.338 e. The van der Waals surface area contributed by atoms with Gasteiger partial charge in [-0.3, -0.25) is 4.84 Å². The van der Waals surface area contributed by atoms with Gasteiger partial charge in [-0.15, -0.1) is 11.3 Å². The van der Waals surface area contributed by atoms with Crippen LogP contribution in [-0.4, -0.2) is 23.1 Å². The van der Waals surface area contributed by atoms with Gasteiger partial charge in [0.2, 0.25) is 0 Å². The van der Waals surface area contributed by atoms with Crippen molar-refractivity contribution in [3.05, 3.63) is 15.5 Å². The Balaban J connectivity index is 2.39. The summed E-state index contributed by atoms with van der Waals surface area (Å²) < 4.78 is 0.445. The summed E-state index contributed by atoms with van der Waals surface area (Å²) in [6.07, 6.45) is 1.59. The van der Waals surface area contributed by atoms with Crippen LogP contribution in [0, 0.1) is 0 Å². The fraction of sp³-hybridized carbons (Fsp3) is 0.333. The quantitative estimate of drug-likeness (QED) is 0.781. The van der Waals surface area contributed by atoms with E-state index >= 15 is 0 Å². The van der Waals surface area contributed by atoms with E-state index in [0.717, 1.165) is 9.94 Å². The predicted octanol–water partition coefficient (Wildman–Crippen LogP) is 1.24. The number of amides is 2. The van der Waals surface area contributed by atoms with Crippen LogP contribution >= 0.6 is 22.9 Å². The number of hydrogen-bond donors (Lipinski definition) is 1. The Morgan fingerprint density at radius 2 is 2.62 bits per heavy atom. The number of halogens is 1. The largest absolute Gasteiger partial charge is 0.350 e. The van der Waals surface area contributed by atoms with Gasteiger partial charge in [0.25, 0.3) is 0 Å². The van der Waals surface area contributed by atoms with Crippen molar-refractivity contribution in [2.45, 2.75) is 6.61 Å². The second kappa shape index (κ2) is 4.40. The van der Waals surface area contributed by atoms with Crippen LogP contribution in [0.1, 0.15) is 4.88 Å². The highest BCUT2D eigenvalue weighted by atomic mass is 35.5. The zero-order valence-corrected chi connectivity index (χ0v) is 8.43. The summed E-state index contributed by atoms with van der Waals surface area (Å²) in [6.45, 7) is 0.240. The molecule has 1 aromatic heterocycles. The number of carbonyl (C=O) groups is 1. The van der Waals surface area contributed by atoms with Crippen molar-refractivity contribution in [3.8, 4) is 0 Å². The number of urea groups is 1. The molecule has 0 aliphatic heterocycles. The van der Waals surface area contributed by atoms with Crippen molar-refractivity contribution in [3.63, 3.8) is 0 Å². The molecule has 0 bridgehead atoms. The van der Waals surface area contributed by atoms with E-state index in [9.17, 15) is 4.79 Å². The number of hydrogen-bond acceptors (Lipinski definition) is 4. The summed E-state index contributed by atoms with van der Waals surface area (Å²) in [4.78, 5) is 20.1. The summed E-state index contributed by atoms with van der Waals surface area (Å²) in [7, 11) is 1.44. The monoisotopic (exact) mass is 221 g/mol. The Morgan fingerprint density at radius 1 is 1.92 bits per heavy atom. The molecule has 7 heteroatoms. The predicted molar refractivity (Wildman–Crippen MR) is 49.3 cm³/mol. The molecule has 0 radical (unpaired) electrons. The average Bonchev–Trinajstić information content (AvgIpc) is 2.47. The average molecular weight is 222 g/mol. The molecule has 2 N–H and O–H groups in total. The van der Waals surface area contributed by atoms with Gasteiger partial charge in [0, 0.05) is 13.2 Å². The smallest absolute Gasteiger partial charge is 0.338 e. The molecule has 2 amide bonds. The molecule has 0 atom stereocenters. The van der Waals surface area contributed by atoms with Gasteiger partial charge in [-0.25, -0.2) is 14.8 Å². The Morgan fingerprint density at radius 3 is 3.08 bits per heavy atom. The maximum atomic E-state index is 10.5. The first-order valence-electron chi connectivity index (χ1n) is 3.36. The van der Waals surface area contributed by atoms with Crippen molar-refractivity contribution in [1.29, 1.82) is 0 Å². The van der Waals surface area contributed by atoms with Crippen LogP contribution in [0.15, 0.2) is 6.20 Å². The second-order valence-electron chi connectivity index (χ2n) is 2.19. The Bertz CT molecular complexity index is 304. The van der Waals surface area contributed by atoms with Crippen LogP contribution < -0.4 is 5.73 Å². The molecule has 13 heavy (non-hydrogen) atoms. The van der Waals surface area contributed by atoms with Gasteiger partial charge in [0.05, 0.1) is 4.88 Å². The lowest BCUT2D eigenvalue weighted by Gasteiger charge is -2.12. The Kier molecular flexibility index (Phi) is 3.47. The highest BCUT2D eigenvalue weighted by Crippen LogP contribution is 2.18. The molecule has 0 saturated heterocycles. The number of thiazole rings is 1. The summed E-state index contributed by atoms with van der Waals surface area (Å²) in [5.41, 5.74) is 4.93. The Labute approximate surface area is 84.0 Å². The number of nitrogens with two attached hydrogens (primary N) is 1. The minimum atomic E-state index is -0.643.